The van der Waals surface area contributed by atoms with Crippen LogP contribution in [0.25, 0.3) is 0 Å². The van der Waals surface area contributed by atoms with E-state index in [1.165, 1.54) is 0 Å². The highest BCUT2D eigenvalue weighted by Gasteiger charge is 2.08. The van der Waals surface area contributed by atoms with Crippen LogP contribution < -0.4 is 11.5 Å². The van der Waals surface area contributed by atoms with Crippen molar-refractivity contribution in [2.45, 2.75) is 6.42 Å². The van der Waals surface area contributed by atoms with Gasteiger partial charge in [-0.3, -0.25) is 4.98 Å². The molecule has 15 heavy (non-hydrogen) atoms. The topological polar surface area (TPSA) is 92.2 Å². The lowest BCUT2D eigenvalue weighted by Gasteiger charge is -1.98. The van der Waals surface area contributed by atoms with Crippen molar-refractivity contribution in [1.29, 1.82) is 0 Å². The normalized spacial score (nSPS) is 10.4. The van der Waals surface area contributed by atoms with Crippen molar-refractivity contribution >= 4 is 5.69 Å². The molecule has 5 nitrogen and oxygen atoms in total. The monoisotopic (exact) mass is 206 g/mol. The van der Waals surface area contributed by atoms with Crippen molar-refractivity contribution in [2.24, 2.45) is 0 Å². The molecule has 78 valence electrons. The Morgan fingerprint density at radius 1 is 1.33 bits per heavy atom. The van der Waals surface area contributed by atoms with Crippen LogP contribution in [0.4, 0.5) is 5.69 Å². The van der Waals surface area contributed by atoms with E-state index in [1.807, 2.05) is 12.1 Å². The van der Waals surface area contributed by atoms with Gasteiger partial charge in [0.15, 0.2) is 5.76 Å². The molecular formula is C10H10N2O3. The number of aromatic hydroxyl groups is 1. The Morgan fingerprint density at radius 2 is 2.00 bits per heavy atom. The summed E-state index contributed by atoms with van der Waals surface area (Å²) in [4.78, 5) is 12.9. The average molecular weight is 206 g/mol. The highest BCUT2D eigenvalue weighted by Crippen LogP contribution is 2.16. The molecular weight excluding hydrogens is 196 g/mol. The predicted octanol–water partition coefficient (Wildman–Crippen LogP) is 0.847. The van der Waals surface area contributed by atoms with Gasteiger partial charge in [0.1, 0.15) is 0 Å². The Morgan fingerprint density at radius 3 is 2.53 bits per heavy atom. The number of oxazole rings is 1. The molecule has 1 heterocycles. The summed E-state index contributed by atoms with van der Waals surface area (Å²) in [6, 6.07) is 7.11. The lowest BCUT2D eigenvalue weighted by molar-refractivity contribution is 0.426. The van der Waals surface area contributed by atoms with Gasteiger partial charge in [0.05, 0.1) is 0 Å². The van der Waals surface area contributed by atoms with E-state index in [-0.39, 0.29) is 11.6 Å². The molecule has 2 rings (SSSR count). The Kier molecular flexibility index (Phi) is 2.21. The van der Waals surface area contributed by atoms with Crippen LogP contribution in [0.1, 0.15) is 11.3 Å². The summed E-state index contributed by atoms with van der Waals surface area (Å²) in [6.45, 7) is 0. The lowest BCUT2D eigenvalue weighted by atomic mass is 10.1. The summed E-state index contributed by atoms with van der Waals surface area (Å²) >= 11 is 0. The van der Waals surface area contributed by atoms with Crippen LogP contribution in [0.5, 0.6) is 5.88 Å². The smallest absolute Gasteiger partial charge is 0.419 e. The number of nitrogens with one attached hydrogen (secondary N) is 1. The maximum atomic E-state index is 10.8. The molecule has 0 atom stereocenters. The number of nitrogen functional groups attached to an aromatic ring is 1. The fraction of sp³-hybridized carbons (Fsp3) is 0.100. The van der Waals surface area contributed by atoms with Crippen molar-refractivity contribution in [3.63, 3.8) is 0 Å². The number of hydrogen-bond acceptors (Lipinski definition) is 4. The Bertz CT molecular complexity index is 510. The molecule has 0 radical (unpaired) electrons. The molecule has 0 saturated heterocycles. The van der Waals surface area contributed by atoms with Crippen molar-refractivity contribution in [2.75, 3.05) is 5.73 Å². The van der Waals surface area contributed by atoms with E-state index in [4.69, 9.17) is 10.2 Å². The molecule has 1 aromatic heterocycles. The fourth-order valence-electron chi connectivity index (χ4n) is 1.29. The van der Waals surface area contributed by atoms with E-state index >= 15 is 0 Å². The molecule has 2 aromatic rings. The Labute approximate surface area is 85.2 Å². The third-order valence-corrected chi connectivity index (χ3v) is 2.04. The van der Waals surface area contributed by atoms with E-state index in [0.717, 1.165) is 5.56 Å². The maximum Gasteiger partial charge on any atom is 0.419 e. The SMILES string of the molecule is Nc1ccc(Cc2oc(=O)[nH]c2O)cc1. The predicted molar refractivity (Wildman–Crippen MR) is 54.7 cm³/mol. The zero-order valence-electron chi connectivity index (χ0n) is 7.86. The van der Waals surface area contributed by atoms with Gasteiger partial charge in [-0.05, 0) is 17.7 Å². The summed E-state index contributed by atoms with van der Waals surface area (Å²) in [6.07, 6.45) is 0.352. The number of aromatic nitrogens is 1. The zero-order chi connectivity index (χ0) is 10.8. The average Bonchev–Trinajstić information content (AvgIpc) is 2.49. The van der Waals surface area contributed by atoms with Crippen LogP contribution in [-0.4, -0.2) is 10.1 Å². The van der Waals surface area contributed by atoms with Gasteiger partial charge in [-0.1, -0.05) is 12.1 Å². The first-order valence-corrected chi connectivity index (χ1v) is 4.40. The molecule has 0 spiro atoms. The van der Waals surface area contributed by atoms with Crippen LogP contribution in [0, 0.1) is 0 Å². The van der Waals surface area contributed by atoms with Gasteiger partial charge in [0, 0.05) is 12.1 Å². The molecule has 5 heteroatoms. The number of anilines is 1. The highest BCUT2D eigenvalue weighted by atomic mass is 16.4. The van der Waals surface area contributed by atoms with Crippen molar-refractivity contribution in [3.05, 3.63) is 46.1 Å². The molecule has 1 aromatic carbocycles. The first-order valence-electron chi connectivity index (χ1n) is 4.40. The second kappa shape index (κ2) is 3.53. The lowest BCUT2D eigenvalue weighted by Crippen LogP contribution is -1.93. The Hall–Kier alpha value is -2.17. The molecule has 0 aliphatic carbocycles. The minimum atomic E-state index is -0.655. The van der Waals surface area contributed by atoms with Crippen molar-refractivity contribution in [1.82, 2.24) is 4.98 Å². The quantitative estimate of drug-likeness (QED) is 0.635. The number of hydrogen-bond donors (Lipinski definition) is 3. The van der Waals surface area contributed by atoms with Crippen molar-refractivity contribution < 1.29 is 9.52 Å². The number of rotatable bonds is 2. The third kappa shape index (κ3) is 2.01. The second-order valence-electron chi connectivity index (χ2n) is 3.20. The van der Waals surface area contributed by atoms with Gasteiger partial charge in [0.2, 0.25) is 5.88 Å². The van der Waals surface area contributed by atoms with Crippen LogP contribution in [0.2, 0.25) is 0 Å². The summed E-state index contributed by atoms with van der Waals surface area (Å²) in [5.74, 6) is -0.653. The van der Waals surface area contributed by atoms with Crippen LogP contribution in [0.3, 0.4) is 0 Å². The molecule has 0 unspecified atom stereocenters. The minimum Gasteiger partial charge on any atom is -0.492 e. The van der Waals surface area contributed by atoms with Crippen LogP contribution in [0.15, 0.2) is 33.5 Å². The van der Waals surface area contributed by atoms with Crippen LogP contribution >= 0.6 is 0 Å². The van der Waals surface area contributed by atoms with Gasteiger partial charge in [-0.2, -0.15) is 0 Å². The van der Waals surface area contributed by atoms with Gasteiger partial charge in [-0.15, -0.1) is 0 Å². The zero-order valence-corrected chi connectivity index (χ0v) is 7.86. The number of H-pyrrole nitrogens is 1. The van der Waals surface area contributed by atoms with Gasteiger partial charge >= 0.3 is 5.76 Å². The molecule has 0 bridgehead atoms. The van der Waals surface area contributed by atoms with Crippen LogP contribution in [-0.2, 0) is 6.42 Å². The summed E-state index contributed by atoms with van der Waals surface area (Å²) in [5.41, 5.74) is 7.10. The summed E-state index contributed by atoms with van der Waals surface area (Å²) in [7, 11) is 0. The summed E-state index contributed by atoms with van der Waals surface area (Å²) < 4.78 is 4.76. The van der Waals surface area contributed by atoms with E-state index in [9.17, 15) is 9.90 Å². The molecule has 0 saturated carbocycles. The number of nitrogens with two attached hydrogens (primary N) is 1. The first kappa shape index (κ1) is 9.39. The molecule has 0 fully saturated rings. The molecule has 0 aliphatic rings. The van der Waals surface area contributed by atoms with Gasteiger partial charge in [0.25, 0.3) is 0 Å². The number of benzene rings is 1. The molecule has 0 amide bonds. The third-order valence-electron chi connectivity index (χ3n) is 2.04. The maximum absolute atomic E-state index is 10.8. The number of aromatic amines is 1. The highest BCUT2D eigenvalue weighted by molar-refractivity contribution is 5.40. The van der Waals surface area contributed by atoms with Gasteiger partial charge < -0.3 is 15.3 Å². The molecule has 4 N–H and O–H groups in total. The second-order valence-corrected chi connectivity index (χ2v) is 3.20. The Balaban J connectivity index is 2.25. The largest absolute Gasteiger partial charge is 0.492 e. The first-order chi connectivity index (χ1) is 7.15. The molecule has 0 aliphatic heterocycles. The van der Waals surface area contributed by atoms with Gasteiger partial charge in [-0.25, -0.2) is 4.79 Å². The van der Waals surface area contributed by atoms with E-state index in [2.05, 4.69) is 4.98 Å². The van der Waals surface area contributed by atoms with E-state index < -0.39 is 5.76 Å². The van der Waals surface area contributed by atoms with E-state index in [0.29, 0.717) is 12.1 Å². The fourth-order valence-corrected chi connectivity index (χ4v) is 1.29. The standard InChI is InChI=1S/C10H10N2O3/c11-7-3-1-6(2-4-7)5-8-9(13)12-10(14)15-8/h1-4,13H,5,11H2,(H,12,14). The van der Waals surface area contributed by atoms with Crippen molar-refractivity contribution in [3.8, 4) is 5.88 Å². The van der Waals surface area contributed by atoms with E-state index in [1.54, 1.807) is 12.1 Å². The minimum absolute atomic E-state index is 0.225. The summed E-state index contributed by atoms with van der Waals surface area (Å²) in [5, 5.41) is 9.27.